The minimum absolute atomic E-state index is 0.650. The van der Waals surface area contributed by atoms with Crippen LogP contribution in [0.2, 0.25) is 0 Å². The lowest BCUT2D eigenvalue weighted by atomic mass is 10.3. The first kappa shape index (κ1) is 7.05. The van der Waals surface area contributed by atoms with Gasteiger partial charge in [0.25, 0.3) is 6.43 Å². The fraction of sp³-hybridized carbons (Fsp3) is 0.167. The Kier molecular flexibility index (Phi) is 1.89. The van der Waals surface area contributed by atoms with Gasteiger partial charge in [-0.05, 0) is 6.07 Å². The molecule has 54 valence electrons. The quantitative estimate of drug-likeness (QED) is 0.593. The Morgan fingerprint density at radius 2 is 2.10 bits per heavy atom. The second-order valence-electron chi connectivity index (χ2n) is 1.70. The Hall–Kier alpha value is -1.06. The normalized spacial score (nSPS) is 10.4. The number of aromatic nitrogens is 1. The number of rotatable bonds is 1. The molecule has 0 aromatic carbocycles. The van der Waals surface area contributed by atoms with Crippen LogP contribution in [0.1, 0.15) is 12.0 Å². The summed E-state index contributed by atoms with van der Waals surface area (Å²) in [6.07, 6.45) is -0.838. The van der Waals surface area contributed by atoms with Crippen LogP contribution in [0, 0.1) is 5.82 Å². The molecule has 0 radical (unpaired) electrons. The van der Waals surface area contributed by atoms with Crippen molar-refractivity contribution < 1.29 is 13.2 Å². The standard InChI is InChI=1S/C6H4F3N/c7-5-1-2-10-3-4(5)6(8)9/h1-3,6H. The van der Waals surface area contributed by atoms with Crippen molar-refractivity contribution in [2.75, 3.05) is 0 Å². The summed E-state index contributed by atoms with van der Waals surface area (Å²) in [5.74, 6) is -0.912. The number of pyridine rings is 1. The van der Waals surface area contributed by atoms with Gasteiger partial charge in [-0.25, -0.2) is 13.2 Å². The van der Waals surface area contributed by atoms with E-state index in [0.29, 0.717) is 0 Å². The summed E-state index contributed by atoms with van der Waals surface area (Å²) in [4.78, 5) is 3.35. The van der Waals surface area contributed by atoms with Gasteiger partial charge in [-0.2, -0.15) is 0 Å². The molecule has 0 saturated carbocycles. The molecule has 0 amide bonds. The first-order valence-corrected chi connectivity index (χ1v) is 2.59. The minimum atomic E-state index is -2.78. The van der Waals surface area contributed by atoms with E-state index in [1.807, 2.05) is 0 Å². The highest BCUT2D eigenvalue weighted by atomic mass is 19.3. The third-order valence-electron chi connectivity index (χ3n) is 1.03. The topological polar surface area (TPSA) is 12.9 Å². The van der Waals surface area contributed by atoms with E-state index in [2.05, 4.69) is 4.98 Å². The molecule has 0 spiro atoms. The van der Waals surface area contributed by atoms with E-state index in [1.165, 1.54) is 0 Å². The largest absolute Gasteiger partial charge is 0.268 e. The first-order valence-electron chi connectivity index (χ1n) is 2.59. The number of hydrogen-bond acceptors (Lipinski definition) is 1. The molecule has 1 heterocycles. The predicted octanol–water partition coefficient (Wildman–Crippen LogP) is 2.16. The van der Waals surface area contributed by atoms with Crippen molar-refractivity contribution in [2.45, 2.75) is 6.43 Å². The molecule has 0 N–H and O–H groups in total. The minimum Gasteiger partial charge on any atom is -0.264 e. The highest BCUT2D eigenvalue weighted by Gasteiger charge is 2.11. The molecule has 0 bridgehead atoms. The number of nitrogens with zero attached hydrogens (tertiary/aromatic N) is 1. The molecule has 0 atom stereocenters. The monoisotopic (exact) mass is 147 g/mol. The van der Waals surface area contributed by atoms with Crippen LogP contribution in [-0.2, 0) is 0 Å². The lowest BCUT2D eigenvalue weighted by Gasteiger charge is -1.97. The second-order valence-corrected chi connectivity index (χ2v) is 1.70. The summed E-state index contributed by atoms with van der Waals surface area (Å²) in [6.45, 7) is 0. The van der Waals surface area contributed by atoms with Gasteiger partial charge in [0.2, 0.25) is 0 Å². The Morgan fingerprint density at radius 1 is 1.40 bits per heavy atom. The van der Waals surface area contributed by atoms with Crippen LogP contribution in [0.25, 0.3) is 0 Å². The van der Waals surface area contributed by atoms with E-state index >= 15 is 0 Å². The van der Waals surface area contributed by atoms with E-state index in [4.69, 9.17) is 0 Å². The molecule has 0 aliphatic carbocycles. The predicted molar refractivity (Wildman–Crippen MR) is 29.2 cm³/mol. The number of alkyl halides is 2. The molecule has 1 nitrogen and oxygen atoms in total. The van der Waals surface area contributed by atoms with Crippen LogP contribution in [0.4, 0.5) is 13.2 Å². The molecule has 1 aromatic rings. The van der Waals surface area contributed by atoms with E-state index in [0.717, 1.165) is 18.5 Å². The van der Waals surface area contributed by atoms with E-state index < -0.39 is 17.8 Å². The van der Waals surface area contributed by atoms with Crippen molar-refractivity contribution in [1.82, 2.24) is 4.98 Å². The first-order chi connectivity index (χ1) is 4.72. The summed E-state index contributed by atoms with van der Waals surface area (Å²) < 4.78 is 35.8. The summed E-state index contributed by atoms with van der Waals surface area (Å²) in [5.41, 5.74) is -0.650. The second kappa shape index (κ2) is 2.68. The van der Waals surface area contributed by atoms with Crippen molar-refractivity contribution in [3.8, 4) is 0 Å². The van der Waals surface area contributed by atoms with Gasteiger partial charge in [0, 0.05) is 12.4 Å². The fourth-order valence-corrected chi connectivity index (χ4v) is 0.550. The summed E-state index contributed by atoms with van der Waals surface area (Å²) in [7, 11) is 0. The molecule has 10 heavy (non-hydrogen) atoms. The van der Waals surface area contributed by atoms with Gasteiger partial charge in [-0.1, -0.05) is 0 Å². The van der Waals surface area contributed by atoms with Crippen LogP contribution in [0.3, 0.4) is 0 Å². The van der Waals surface area contributed by atoms with E-state index in [-0.39, 0.29) is 0 Å². The van der Waals surface area contributed by atoms with Crippen LogP contribution >= 0.6 is 0 Å². The van der Waals surface area contributed by atoms with Crippen molar-refractivity contribution in [1.29, 1.82) is 0 Å². The van der Waals surface area contributed by atoms with Crippen molar-refractivity contribution in [3.63, 3.8) is 0 Å². The van der Waals surface area contributed by atoms with E-state index in [1.54, 1.807) is 0 Å². The van der Waals surface area contributed by atoms with Gasteiger partial charge in [0.1, 0.15) is 5.82 Å². The zero-order valence-corrected chi connectivity index (χ0v) is 4.89. The molecule has 1 rings (SSSR count). The molecule has 0 unspecified atom stereocenters. The summed E-state index contributed by atoms with van der Waals surface area (Å²) in [6, 6.07) is 0.904. The van der Waals surface area contributed by atoms with Gasteiger partial charge in [-0.15, -0.1) is 0 Å². The summed E-state index contributed by atoms with van der Waals surface area (Å²) >= 11 is 0. The Morgan fingerprint density at radius 3 is 2.50 bits per heavy atom. The average molecular weight is 147 g/mol. The average Bonchev–Trinajstić information content (AvgIpc) is 1.88. The van der Waals surface area contributed by atoms with Crippen molar-refractivity contribution in [2.24, 2.45) is 0 Å². The van der Waals surface area contributed by atoms with Crippen LogP contribution in [0.5, 0.6) is 0 Å². The summed E-state index contributed by atoms with van der Waals surface area (Å²) in [5, 5.41) is 0. The molecule has 1 aromatic heterocycles. The smallest absolute Gasteiger partial charge is 0.264 e. The molecule has 0 aliphatic heterocycles. The Balaban J connectivity index is 3.03. The maximum absolute atomic E-state index is 12.3. The Bertz CT molecular complexity index is 224. The molecule has 0 fully saturated rings. The fourth-order valence-electron chi connectivity index (χ4n) is 0.550. The number of halogens is 3. The van der Waals surface area contributed by atoms with Crippen molar-refractivity contribution in [3.05, 3.63) is 29.8 Å². The van der Waals surface area contributed by atoms with Crippen molar-refractivity contribution >= 4 is 0 Å². The van der Waals surface area contributed by atoms with E-state index in [9.17, 15) is 13.2 Å². The lowest BCUT2D eigenvalue weighted by molar-refractivity contribution is 0.146. The zero-order chi connectivity index (χ0) is 7.56. The SMILES string of the molecule is Fc1ccncc1C(F)F. The number of hydrogen-bond donors (Lipinski definition) is 0. The maximum Gasteiger partial charge on any atom is 0.268 e. The molecular weight excluding hydrogens is 143 g/mol. The third kappa shape index (κ3) is 1.26. The van der Waals surface area contributed by atoms with Gasteiger partial charge >= 0.3 is 0 Å². The highest BCUT2D eigenvalue weighted by molar-refractivity contribution is 5.12. The van der Waals surface area contributed by atoms with Gasteiger partial charge in [0.05, 0.1) is 5.56 Å². The van der Waals surface area contributed by atoms with Gasteiger partial charge < -0.3 is 0 Å². The van der Waals surface area contributed by atoms with Crippen LogP contribution in [0.15, 0.2) is 18.5 Å². The molecular formula is C6H4F3N. The molecule has 0 aliphatic rings. The highest BCUT2D eigenvalue weighted by Crippen LogP contribution is 2.19. The zero-order valence-electron chi connectivity index (χ0n) is 4.89. The third-order valence-corrected chi connectivity index (χ3v) is 1.03. The maximum atomic E-state index is 12.3. The molecule has 0 saturated heterocycles. The van der Waals surface area contributed by atoms with Gasteiger partial charge in [0.15, 0.2) is 0 Å². The van der Waals surface area contributed by atoms with Crippen LogP contribution < -0.4 is 0 Å². The molecule has 4 heteroatoms. The van der Waals surface area contributed by atoms with Gasteiger partial charge in [-0.3, -0.25) is 4.98 Å². The Labute approximate surface area is 55.5 Å². The van der Waals surface area contributed by atoms with Crippen LogP contribution in [-0.4, -0.2) is 4.98 Å². The lowest BCUT2D eigenvalue weighted by Crippen LogP contribution is -1.90.